The third-order valence-electron chi connectivity index (χ3n) is 5.67. The maximum Gasteiger partial charge on any atom is 0.252 e. The fraction of sp³-hybridized carbons (Fsp3) is 0.381. The Morgan fingerprint density at radius 2 is 1.77 bits per heavy atom. The number of alkyl halides is 3. The molecule has 1 fully saturated rings. The van der Waals surface area contributed by atoms with Gasteiger partial charge in [-0.25, -0.2) is 0 Å². The van der Waals surface area contributed by atoms with Crippen molar-refractivity contribution in [1.82, 2.24) is 20.1 Å². The van der Waals surface area contributed by atoms with Crippen LogP contribution >= 0.6 is 47.0 Å². The standard InChI is InChI=1S/C21H21Cl3N4O2S/c22-21(23,24)19(25-18(30)14-5-2-1-3-6-14)26-20(31)27-10-13-9-15(12-27)16-7-4-8-17(29)28(16)11-13/h1-8,13,15,19H,9-12H2,(H,25,30)(H,26,31)/t13-,15-,19+/m1/s1. The summed E-state index contributed by atoms with van der Waals surface area (Å²) in [5.41, 5.74) is 1.50. The summed E-state index contributed by atoms with van der Waals surface area (Å²) in [4.78, 5) is 26.8. The van der Waals surface area contributed by atoms with Crippen LogP contribution in [0.15, 0.2) is 53.3 Å². The lowest BCUT2D eigenvalue weighted by molar-refractivity contribution is 0.0932. The summed E-state index contributed by atoms with van der Waals surface area (Å²) in [5, 5.41) is 6.12. The first-order valence-corrected chi connectivity index (χ1v) is 11.4. The maximum absolute atomic E-state index is 12.6. The summed E-state index contributed by atoms with van der Waals surface area (Å²) >= 11 is 24.0. The van der Waals surface area contributed by atoms with Crippen molar-refractivity contribution >= 4 is 58.0 Å². The fourth-order valence-electron chi connectivity index (χ4n) is 4.28. The lowest BCUT2D eigenvalue weighted by atomic mass is 9.83. The highest BCUT2D eigenvalue weighted by molar-refractivity contribution is 7.80. The van der Waals surface area contributed by atoms with Crippen LogP contribution in [0.2, 0.25) is 0 Å². The molecule has 10 heteroatoms. The maximum atomic E-state index is 12.6. The summed E-state index contributed by atoms with van der Waals surface area (Å²) in [6.07, 6.45) is -0.0179. The number of halogens is 3. The summed E-state index contributed by atoms with van der Waals surface area (Å²) in [6, 6.07) is 14.1. The number of fused-ring (bicyclic) bond motifs is 4. The number of hydrogen-bond donors (Lipinski definition) is 2. The van der Waals surface area contributed by atoms with Crippen molar-refractivity contribution in [3.8, 4) is 0 Å². The van der Waals surface area contributed by atoms with Gasteiger partial charge in [0.05, 0.1) is 0 Å². The van der Waals surface area contributed by atoms with Gasteiger partial charge in [-0.1, -0.05) is 59.1 Å². The topological polar surface area (TPSA) is 66.4 Å². The zero-order chi connectivity index (χ0) is 22.2. The van der Waals surface area contributed by atoms with Crippen molar-refractivity contribution in [3.05, 3.63) is 70.1 Å². The predicted octanol–water partition coefficient (Wildman–Crippen LogP) is 3.27. The van der Waals surface area contributed by atoms with Gasteiger partial charge in [-0.15, -0.1) is 0 Å². The number of hydrogen-bond acceptors (Lipinski definition) is 3. The molecule has 2 N–H and O–H groups in total. The van der Waals surface area contributed by atoms with Gasteiger partial charge in [0.25, 0.3) is 11.5 Å². The highest BCUT2D eigenvalue weighted by Gasteiger charge is 2.39. The number of rotatable bonds is 3. The largest absolute Gasteiger partial charge is 0.348 e. The van der Waals surface area contributed by atoms with Gasteiger partial charge in [-0.3, -0.25) is 9.59 Å². The molecule has 31 heavy (non-hydrogen) atoms. The van der Waals surface area contributed by atoms with Crippen LogP contribution in [0.25, 0.3) is 0 Å². The third kappa shape index (κ3) is 5.00. The second-order valence-electron chi connectivity index (χ2n) is 7.87. The molecule has 2 aliphatic rings. The minimum atomic E-state index is -1.82. The summed E-state index contributed by atoms with van der Waals surface area (Å²) in [6.45, 7) is 1.98. The van der Waals surface area contributed by atoms with E-state index in [-0.39, 0.29) is 23.3 Å². The van der Waals surface area contributed by atoms with E-state index in [0.29, 0.717) is 30.3 Å². The van der Waals surface area contributed by atoms with Gasteiger partial charge >= 0.3 is 0 Å². The molecule has 0 spiro atoms. The van der Waals surface area contributed by atoms with Crippen molar-refractivity contribution in [3.63, 3.8) is 0 Å². The van der Waals surface area contributed by atoms with Crippen LogP contribution < -0.4 is 16.2 Å². The van der Waals surface area contributed by atoms with Crippen molar-refractivity contribution in [2.24, 2.45) is 5.92 Å². The molecule has 2 aliphatic heterocycles. The van der Waals surface area contributed by atoms with E-state index in [1.807, 2.05) is 21.6 Å². The first kappa shape index (κ1) is 22.4. The van der Waals surface area contributed by atoms with Gasteiger partial charge in [-0.05, 0) is 42.8 Å². The Bertz CT molecular complexity index is 1040. The Morgan fingerprint density at radius 3 is 2.48 bits per heavy atom. The van der Waals surface area contributed by atoms with Gasteiger partial charge in [-0.2, -0.15) is 0 Å². The van der Waals surface area contributed by atoms with E-state index in [1.54, 1.807) is 36.4 Å². The summed E-state index contributed by atoms with van der Waals surface area (Å²) < 4.78 is 0.0386. The van der Waals surface area contributed by atoms with E-state index >= 15 is 0 Å². The number of piperidine rings is 1. The number of aromatic nitrogens is 1. The summed E-state index contributed by atoms with van der Waals surface area (Å²) in [7, 11) is 0. The van der Waals surface area contributed by atoms with Gasteiger partial charge < -0.3 is 20.1 Å². The Hall–Kier alpha value is -1.80. The molecule has 2 aromatic rings. The van der Waals surface area contributed by atoms with E-state index < -0.39 is 9.96 Å². The highest BCUT2D eigenvalue weighted by atomic mass is 35.6. The van der Waals surface area contributed by atoms with Gasteiger partial charge in [0.15, 0.2) is 5.11 Å². The van der Waals surface area contributed by atoms with Crippen molar-refractivity contribution in [2.75, 3.05) is 13.1 Å². The number of thiocarbonyl (C=S) groups is 1. The second kappa shape index (κ2) is 8.98. The zero-order valence-electron chi connectivity index (χ0n) is 16.4. The number of carbonyl (C=O) groups is 1. The Morgan fingerprint density at radius 1 is 1.03 bits per heavy atom. The number of nitrogens with zero attached hydrogens (tertiary/aromatic N) is 2. The Balaban J connectivity index is 1.47. The van der Waals surface area contributed by atoms with E-state index in [0.717, 1.165) is 12.1 Å². The predicted molar refractivity (Wildman–Crippen MR) is 127 cm³/mol. The SMILES string of the molecule is O=C(N[C@@H](NC(=S)N1C[C@H]2C[C@H](C1)c1cccc(=O)n1C2)C(Cl)(Cl)Cl)c1ccccc1. The number of amides is 1. The van der Waals surface area contributed by atoms with Crippen LogP contribution in [0.3, 0.4) is 0 Å². The molecule has 0 saturated carbocycles. The summed E-state index contributed by atoms with van der Waals surface area (Å²) in [5.74, 6) is 0.0959. The lowest BCUT2D eigenvalue weighted by Crippen LogP contribution is -2.60. The minimum absolute atomic E-state index is 0.0289. The van der Waals surface area contributed by atoms with E-state index in [2.05, 4.69) is 10.6 Å². The zero-order valence-corrected chi connectivity index (χ0v) is 19.5. The molecule has 0 aliphatic carbocycles. The van der Waals surface area contributed by atoms with Gasteiger partial charge in [0.2, 0.25) is 3.79 Å². The average Bonchev–Trinajstić information content (AvgIpc) is 2.73. The molecule has 1 aromatic heterocycles. The van der Waals surface area contributed by atoms with Crippen LogP contribution in [0, 0.1) is 5.92 Å². The average molecular weight is 500 g/mol. The van der Waals surface area contributed by atoms with Crippen LogP contribution in [-0.2, 0) is 6.54 Å². The molecule has 164 valence electrons. The smallest absolute Gasteiger partial charge is 0.252 e. The molecule has 2 bridgehead atoms. The number of nitrogens with one attached hydrogen (secondary N) is 2. The Kier molecular flexibility index (Phi) is 6.49. The normalized spacial score (nSPS) is 21.1. The first-order chi connectivity index (χ1) is 14.7. The van der Waals surface area contributed by atoms with Crippen molar-refractivity contribution in [1.29, 1.82) is 0 Å². The molecular formula is C21H21Cl3N4O2S. The number of carbonyl (C=O) groups excluding carboxylic acids is 1. The van der Waals surface area contributed by atoms with Gasteiger partial charge in [0, 0.05) is 42.9 Å². The molecule has 1 amide bonds. The second-order valence-corrected chi connectivity index (χ2v) is 10.6. The fourth-order valence-corrected chi connectivity index (χ4v) is 4.88. The number of likely N-dealkylation sites (tertiary alicyclic amines) is 1. The van der Waals surface area contributed by atoms with Crippen LogP contribution in [-0.4, -0.2) is 43.5 Å². The van der Waals surface area contributed by atoms with E-state index in [1.165, 1.54) is 0 Å². The minimum Gasteiger partial charge on any atom is -0.348 e. The Labute approximate surface area is 200 Å². The third-order valence-corrected chi connectivity index (χ3v) is 6.70. The molecule has 3 heterocycles. The van der Waals surface area contributed by atoms with Crippen LogP contribution in [0.1, 0.15) is 28.4 Å². The molecule has 4 rings (SSSR count). The molecule has 0 radical (unpaired) electrons. The molecule has 6 nitrogen and oxygen atoms in total. The van der Waals surface area contributed by atoms with Gasteiger partial charge in [0.1, 0.15) is 6.17 Å². The van der Waals surface area contributed by atoms with Crippen molar-refractivity contribution < 1.29 is 4.79 Å². The van der Waals surface area contributed by atoms with Crippen molar-refractivity contribution in [2.45, 2.75) is 28.8 Å². The first-order valence-electron chi connectivity index (χ1n) is 9.90. The highest BCUT2D eigenvalue weighted by Crippen LogP contribution is 2.35. The van der Waals surface area contributed by atoms with Crippen LogP contribution in [0.5, 0.6) is 0 Å². The monoisotopic (exact) mass is 498 g/mol. The molecule has 1 saturated heterocycles. The molecule has 1 aromatic carbocycles. The number of pyridine rings is 1. The quantitative estimate of drug-likeness (QED) is 0.385. The molecule has 0 unspecified atom stereocenters. The van der Waals surface area contributed by atoms with Crippen LogP contribution in [0.4, 0.5) is 0 Å². The molecular weight excluding hydrogens is 479 g/mol. The van der Waals surface area contributed by atoms with E-state index in [4.69, 9.17) is 47.0 Å². The van der Waals surface area contributed by atoms with E-state index in [9.17, 15) is 9.59 Å². The number of benzene rings is 1. The molecule has 3 atom stereocenters. The lowest BCUT2D eigenvalue weighted by Gasteiger charge is -2.44.